The maximum Gasteiger partial charge on any atom is 0.307 e. The lowest BCUT2D eigenvalue weighted by molar-refractivity contribution is -0.136. The zero-order chi connectivity index (χ0) is 14.4. The van der Waals surface area contributed by atoms with Gasteiger partial charge in [0.25, 0.3) is 0 Å². The number of carbonyl (C=O) groups is 1. The maximum absolute atomic E-state index is 13.1. The third kappa shape index (κ3) is 4.59. The highest BCUT2D eigenvalue weighted by molar-refractivity contribution is 5.70. The number of aliphatic carboxylic acids is 1. The van der Waals surface area contributed by atoms with Crippen molar-refractivity contribution in [1.82, 2.24) is 5.32 Å². The minimum atomic E-state index is -1.23. The first kappa shape index (κ1) is 15.6. The van der Waals surface area contributed by atoms with E-state index in [1.54, 1.807) is 7.05 Å². The molecule has 2 unspecified atom stereocenters. The Bertz CT molecular complexity index is 439. The summed E-state index contributed by atoms with van der Waals surface area (Å²) in [5.41, 5.74) is 0.413. The summed E-state index contributed by atoms with van der Waals surface area (Å²) in [6.45, 7) is 0.508. The van der Waals surface area contributed by atoms with E-state index in [1.165, 1.54) is 6.07 Å². The van der Waals surface area contributed by atoms with Gasteiger partial charge in [-0.05, 0) is 43.3 Å². The largest absolute Gasteiger partial charge is 0.481 e. The van der Waals surface area contributed by atoms with Gasteiger partial charge < -0.3 is 20.6 Å². The Hall–Kier alpha value is -1.50. The molecule has 0 amide bonds. The Kier molecular flexibility index (Phi) is 5.88. The second-order valence-electron chi connectivity index (χ2n) is 4.32. The molecule has 0 bridgehead atoms. The van der Waals surface area contributed by atoms with Crippen LogP contribution in [0.1, 0.15) is 23.7 Å². The van der Waals surface area contributed by atoms with Crippen LogP contribution in [0.15, 0.2) is 18.2 Å². The molecule has 0 aliphatic heterocycles. The van der Waals surface area contributed by atoms with Crippen molar-refractivity contribution in [3.05, 3.63) is 35.1 Å². The van der Waals surface area contributed by atoms with Crippen LogP contribution in [0.25, 0.3) is 0 Å². The van der Waals surface area contributed by atoms with E-state index in [0.717, 1.165) is 12.1 Å². The Labute approximate surface area is 110 Å². The molecule has 1 rings (SSSR count). The normalized spacial score (nSPS) is 14.1. The van der Waals surface area contributed by atoms with E-state index < -0.39 is 30.4 Å². The number of hydrogen-bond acceptors (Lipinski definition) is 4. The van der Waals surface area contributed by atoms with Gasteiger partial charge in [-0.15, -0.1) is 0 Å². The van der Waals surface area contributed by atoms with Gasteiger partial charge in [-0.2, -0.15) is 0 Å². The van der Waals surface area contributed by atoms with Gasteiger partial charge >= 0.3 is 5.97 Å². The molecule has 0 aliphatic rings. The summed E-state index contributed by atoms with van der Waals surface area (Å²) in [6, 6.07) is 3.51. The van der Waals surface area contributed by atoms with Crippen LogP contribution in [-0.4, -0.2) is 41.0 Å². The highest BCUT2D eigenvalue weighted by atomic mass is 19.1. The Balaban J connectivity index is 2.94. The van der Waals surface area contributed by atoms with Crippen LogP contribution in [0.2, 0.25) is 0 Å². The molecule has 106 valence electrons. The Morgan fingerprint density at radius 1 is 1.42 bits per heavy atom. The monoisotopic (exact) mass is 271 g/mol. The fourth-order valence-corrected chi connectivity index (χ4v) is 1.84. The predicted octanol–water partition coefficient (Wildman–Crippen LogP) is 0.457. The first-order chi connectivity index (χ1) is 8.95. The van der Waals surface area contributed by atoms with E-state index in [0.29, 0.717) is 13.0 Å². The van der Waals surface area contributed by atoms with Crippen molar-refractivity contribution < 1.29 is 24.5 Å². The molecule has 6 heteroatoms. The average Bonchev–Trinajstić information content (AvgIpc) is 2.34. The highest BCUT2D eigenvalue weighted by Crippen LogP contribution is 2.24. The molecule has 0 radical (unpaired) electrons. The van der Waals surface area contributed by atoms with Crippen molar-refractivity contribution in [2.45, 2.75) is 25.0 Å². The minimum absolute atomic E-state index is 0.170. The van der Waals surface area contributed by atoms with Crippen LogP contribution in [0.4, 0.5) is 4.39 Å². The lowest BCUT2D eigenvalue weighted by Crippen LogP contribution is -2.24. The van der Waals surface area contributed by atoms with E-state index in [2.05, 4.69) is 5.32 Å². The van der Waals surface area contributed by atoms with Gasteiger partial charge in [0, 0.05) is 0 Å². The van der Waals surface area contributed by atoms with Gasteiger partial charge in [-0.3, -0.25) is 4.79 Å². The number of carboxylic acid groups (broad SMARTS) is 1. The average molecular weight is 271 g/mol. The van der Waals surface area contributed by atoms with E-state index in [-0.39, 0.29) is 11.1 Å². The SMILES string of the molecule is CNCCC(O)C(O)c1ccc(F)cc1CC(=O)O. The number of rotatable bonds is 7. The third-order valence-electron chi connectivity index (χ3n) is 2.82. The zero-order valence-electron chi connectivity index (χ0n) is 10.6. The molecular weight excluding hydrogens is 253 g/mol. The topological polar surface area (TPSA) is 89.8 Å². The number of aliphatic hydroxyl groups excluding tert-OH is 2. The minimum Gasteiger partial charge on any atom is -0.481 e. The fourth-order valence-electron chi connectivity index (χ4n) is 1.84. The predicted molar refractivity (Wildman–Crippen MR) is 67.3 cm³/mol. The number of aliphatic hydroxyl groups is 2. The van der Waals surface area contributed by atoms with Crippen LogP contribution in [-0.2, 0) is 11.2 Å². The number of benzene rings is 1. The lowest BCUT2D eigenvalue weighted by Gasteiger charge is -2.20. The number of halogens is 1. The molecule has 1 aromatic rings. The second-order valence-corrected chi connectivity index (χ2v) is 4.32. The molecule has 0 heterocycles. The Morgan fingerprint density at radius 2 is 2.11 bits per heavy atom. The fraction of sp³-hybridized carbons (Fsp3) is 0.462. The van der Waals surface area contributed by atoms with Crippen LogP contribution in [0.3, 0.4) is 0 Å². The summed E-state index contributed by atoms with van der Waals surface area (Å²) in [5.74, 6) is -1.69. The van der Waals surface area contributed by atoms with Crippen molar-refractivity contribution in [1.29, 1.82) is 0 Å². The first-order valence-corrected chi connectivity index (χ1v) is 5.96. The molecule has 19 heavy (non-hydrogen) atoms. The summed E-state index contributed by atoms with van der Waals surface area (Å²) < 4.78 is 13.1. The highest BCUT2D eigenvalue weighted by Gasteiger charge is 2.22. The van der Waals surface area contributed by atoms with Gasteiger partial charge in [-0.1, -0.05) is 6.07 Å². The molecular formula is C13H18FNO4. The lowest BCUT2D eigenvalue weighted by atomic mass is 9.95. The second kappa shape index (κ2) is 7.18. The molecule has 4 N–H and O–H groups in total. The van der Waals surface area contributed by atoms with E-state index in [9.17, 15) is 19.4 Å². The van der Waals surface area contributed by atoms with E-state index >= 15 is 0 Å². The molecule has 1 aromatic carbocycles. The summed E-state index contributed by atoms with van der Waals surface area (Å²) >= 11 is 0. The van der Waals surface area contributed by atoms with E-state index in [1.807, 2.05) is 0 Å². The standard InChI is InChI=1S/C13H18FNO4/c1-15-5-4-11(16)13(19)10-3-2-9(14)6-8(10)7-12(17)18/h2-3,6,11,13,15-16,19H,4-5,7H2,1H3,(H,17,18). The van der Waals surface area contributed by atoms with Crippen molar-refractivity contribution >= 4 is 5.97 Å². The van der Waals surface area contributed by atoms with Gasteiger partial charge in [0.1, 0.15) is 11.9 Å². The van der Waals surface area contributed by atoms with Gasteiger partial charge in [0.2, 0.25) is 0 Å². The number of nitrogens with one attached hydrogen (secondary N) is 1. The molecule has 5 nitrogen and oxygen atoms in total. The third-order valence-corrected chi connectivity index (χ3v) is 2.82. The van der Waals surface area contributed by atoms with Crippen molar-refractivity contribution in [3.63, 3.8) is 0 Å². The van der Waals surface area contributed by atoms with Gasteiger partial charge in [0.05, 0.1) is 12.5 Å². The zero-order valence-corrected chi connectivity index (χ0v) is 10.6. The molecule has 0 aliphatic carbocycles. The van der Waals surface area contributed by atoms with Crippen LogP contribution in [0.5, 0.6) is 0 Å². The molecule has 0 fully saturated rings. The quantitative estimate of drug-likeness (QED) is 0.578. The summed E-state index contributed by atoms with van der Waals surface area (Å²) in [5, 5.41) is 31.4. The molecule has 0 saturated heterocycles. The summed E-state index contributed by atoms with van der Waals surface area (Å²) in [4.78, 5) is 10.7. The molecule has 0 aromatic heterocycles. The van der Waals surface area contributed by atoms with Crippen molar-refractivity contribution in [2.75, 3.05) is 13.6 Å². The van der Waals surface area contributed by atoms with Crippen molar-refractivity contribution in [2.24, 2.45) is 0 Å². The van der Waals surface area contributed by atoms with E-state index in [4.69, 9.17) is 5.11 Å². The van der Waals surface area contributed by atoms with Crippen LogP contribution in [0, 0.1) is 5.82 Å². The van der Waals surface area contributed by atoms with Gasteiger partial charge in [-0.25, -0.2) is 4.39 Å². The molecule has 0 saturated carbocycles. The molecule has 2 atom stereocenters. The number of carboxylic acids is 1. The first-order valence-electron chi connectivity index (χ1n) is 5.96. The smallest absolute Gasteiger partial charge is 0.307 e. The summed E-state index contributed by atoms with van der Waals surface area (Å²) in [6.07, 6.45) is -2.36. The van der Waals surface area contributed by atoms with Crippen molar-refractivity contribution in [3.8, 4) is 0 Å². The summed E-state index contributed by atoms with van der Waals surface area (Å²) in [7, 11) is 1.72. The molecule has 0 spiro atoms. The van der Waals surface area contributed by atoms with Crippen LogP contribution < -0.4 is 5.32 Å². The van der Waals surface area contributed by atoms with Gasteiger partial charge in [0.15, 0.2) is 0 Å². The maximum atomic E-state index is 13.1. The van der Waals surface area contributed by atoms with Crippen LogP contribution >= 0.6 is 0 Å². The Morgan fingerprint density at radius 3 is 2.68 bits per heavy atom. The number of hydrogen-bond donors (Lipinski definition) is 4.